The second-order valence-electron chi connectivity index (χ2n) is 14.8. The van der Waals surface area contributed by atoms with E-state index in [1.54, 1.807) is 0 Å². The summed E-state index contributed by atoms with van der Waals surface area (Å²) in [6, 6.07) is 0. The van der Waals surface area contributed by atoms with Crippen LogP contribution in [-0.2, 0) is 0 Å². The molecule has 50 heavy (non-hydrogen) atoms. The van der Waals surface area contributed by atoms with Gasteiger partial charge >= 0.3 is 0 Å². The molecule has 0 saturated heterocycles. The van der Waals surface area contributed by atoms with Crippen molar-refractivity contribution >= 4 is 0 Å². The average molecular weight is 702 g/mol. The van der Waals surface area contributed by atoms with E-state index in [4.69, 9.17) is 0 Å². The van der Waals surface area contributed by atoms with Gasteiger partial charge in [0.15, 0.2) is 0 Å². The number of aliphatic hydroxyl groups is 2. The van der Waals surface area contributed by atoms with Gasteiger partial charge in [-0.15, -0.1) is 0 Å². The van der Waals surface area contributed by atoms with E-state index in [0.717, 1.165) is 77.5 Å². The minimum Gasteiger partial charge on any atom is -0.392 e. The van der Waals surface area contributed by atoms with Gasteiger partial charge in [0.05, 0.1) is 12.2 Å². The second kappa shape index (κ2) is 42.2. The van der Waals surface area contributed by atoms with Gasteiger partial charge in [-0.2, -0.15) is 0 Å². The Bertz CT molecular complexity index is 703. The second-order valence-corrected chi connectivity index (χ2v) is 14.8. The molecule has 0 aromatic heterocycles. The van der Waals surface area contributed by atoms with E-state index in [1.807, 2.05) is 0 Å². The van der Waals surface area contributed by atoms with Gasteiger partial charge in [-0.25, -0.2) is 0 Å². The lowest BCUT2D eigenvalue weighted by Crippen LogP contribution is -2.38. The fraction of sp³-hybridized carbons (Fsp3) is 0.822. The van der Waals surface area contributed by atoms with Gasteiger partial charge < -0.3 is 25.7 Å². The predicted molar refractivity (Wildman–Crippen MR) is 223 cm³/mol. The van der Waals surface area contributed by atoms with E-state index in [2.05, 4.69) is 85.0 Å². The smallest absolute Gasteiger partial charge is 0.0664 e. The Kier molecular flexibility index (Phi) is 41.1. The van der Waals surface area contributed by atoms with Crippen LogP contribution in [0, 0.1) is 0 Å². The summed E-state index contributed by atoms with van der Waals surface area (Å²) in [6.45, 7) is 9.60. The van der Waals surface area contributed by atoms with Crippen molar-refractivity contribution in [2.45, 2.75) is 193 Å². The molecule has 5 nitrogen and oxygen atoms in total. The molecular formula is C45H87N3O2. The Balaban J connectivity index is 3.47. The first-order valence-electron chi connectivity index (χ1n) is 21.7. The Labute approximate surface area is 312 Å². The minimum atomic E-state index is -0.251. The molecule has 0 aliphatic heterocycles. The molecule has 0 heterocycles. The van der Waals surface area contributed by atoms with Gasteiger partial charge in [0.1, 0.15) is 0 Å². The van der Waals surface area contributed by atoms with Crippen LogP contribution in [0.15, 0.2) is 48.6 Å². The van der Waals surface area contributed by atoms with Crippen molar-refractivity contribution in [1.82, 2.24) is 15.5 Å². The number of allylic oxidation sites excluding steroid dienone is 8. The van der Waals surface area contributed by atoms with Crippen molar-refractivity contribution in [2.24, 2.45) is 0 Å². The van der Waals surface area contributed by atoms with Gasteiger partial charge in [0.25, 0.3) is 0 Å². The lowest BCUT2D eigenvalue weighted by Gasteiger charge is -2.19. The summed E-state index contributed by atoms with van der Waals surface area (Å²) in [5.41, 5.74) is 0. The van der Waals surface area contributed by atoms with E-state index in [1.165, 1.54) is 116 Å². The highest BCUT2D eigenvalue weighted by Crippen LogP contribution is 2.10. The van der Waals surface area contributed by atoms with E-state index < -0.39 is 0 Å². The number of likely N-dealkylation sites (N-methyl/N-ethyl adjacent to an activating group) is 1. The topological polar surface area (TPSA) is 67.8 Å². The number of nitrogens with zero attached hydrogens (tertiary/aromatic N) is 1. The minimum absolute atomic E-state index is 0.251. The molecule has 0 amide bonds. The van der Waals surface area contributed by atoms with E-state index in [9.17, 15) is 10.2 Å². The summed E-state index contributed by atoms with van der Waals surface area (Å²) in [4.78, 5) is 2.30. The van der Waals surface area contributed by atoms with Gasteiger partial charge in [0.2, 0.25) is 0 Å². The van der Waals surface area contributed by atoms with Crippen molar-refractivity contribution in [1.29, 1.82) is 0 Å². The molecule has 2 unspecified atom stereocenters. The number of hydrogen-bond acceptors (Lipinski definition) is 5. The molecule has 0 bridgehead atoms. The lowest BCUT2D eigenvalue weighted by molar-refractivity contribution is 0.155. The van der Waals surface area contributed by atoms with Crippen molar-refractivity contribution < 1.29 is 10.2 Å². The Morgan fingerprint density at radius 2 is 0.760 bits per heavy atom. The fourth-order valence-corrected chi connectivity index (χ4v) is 6.13. The number of rotatable bonds is 40. The number of aliphatic hydroxyl groups excluding tert-OH is 2. The van der Waals surface area contributed by atoms with Crippen LogP contribution in [0.5, 0.6) is 0 Å². The predicted octanol–water partition coefficient (Wildman–Crippen LogP) is 11.2. The first kappa shape index (κ1) is 48.8. The summed E-state index contributed by atoms with van der Waals surface area (Å²) < 4.78 is 0. The molecule has 0 aliphatic carbocycles. The van der Waals surface area contributed by atoms with E-state index in [0.29, 0.717) is 13.1 Å². The molecular weight excluding hydrogens is 615 g/mol. The molecule has 4 N–H and O–H groups in total. The summed E-state index contributed by atoms with van der Waals surface area (Å²) in [7, 11) is 2.14. The van der Waals surface area contributed by atoms with Gasteiger partial charge in [-0.05, 0) is 84.1 Å². The molecule has 0 aromatic carbocycles. The first-order chi connectivity index (χ1) is 24.6. The van der Waals surface area contributed by atoms with Crippen LogP contribution in [0.1, 0.15) is 181 Å². The van der Waals surface area contributed by atoms with E-state index in [-0.39, 0.29) is 12.2 Å². The van der Waals surface area contributed by atoms with Crippen LogP contribution in [0.3, 0.4) is 0 Å². The van der Waals surface area contributed by atoms with Crippen LogP contribution < -0.4 is 10.6 Å². The molecule has 0 radical (unpaired) electrons. The quantitative estimate of drug-likeness (QED) is 0.0378. The van der Waals surface area contributed by atoms with Crippen molar-refractivity contribution in [3.05, 3.63) is 48.6 Å². The highest BCUT2D eigenvalue weighted by molar-refractivity contribution is 4.93. The standard InChI is InChI=1S/C45H87N3O2/c1-4-6-8-10-12-14-16-18-20-22-24-26-28-30-32-34-36-44(49)42-46-38-40-48(3)41-39-47-43-45(50)37-35-33-31-29-27-25-23-21-19-17-15-13-11-9-7-5-2/h18-21,24-27,44-47,49-50H,4-17,22-23,28-43H2,1-3H3/b20-18-,21-19-,26-24-,27-25-. The summed E-state index contributed by atoms with van der Waals surface area (Å²) in [6.07, 6.45) is 50.2. The molecule has 5 heteroatoms. The number of unbranched alkanes of at least 4 members (excludes halogenated alkanes) is 18. The number of hydrogen-bond donors (Lipinski definition) is 4. The van der Waals surface area contributed by atoms with Crippen LogP contribution in [0.2, 0.25) is 0 Å². The zero-order chi connectivity index (χ0) is 36.4. The van der Waals surface area contributed by atoms with Crippen LogP contribution in [0.25, 0.3) is 0 Å². The molecule has 0 aromatic rings. The first-order valence-corrected chi connectivity index (χ1v) is 21.7. The Morgan fingerprint density at radius 1 is 0.440 bits per heavy atom. The SMILES string of the molecule is CCCCCCCC/C=C\C/C=C\CCCCCC(O)CNCCN(C)CCNCC(O)CCCCC/C=C\C/C=C\CCCCCCCC. The van der Waals surface area contributed by atoms with Crippen molar-refractivity contribution in [3.8, 4) is 0 Å². The molecule has 0 aliphatic rings. The van der Waals surface area contributed by atoms with E-state index >= 15 is 0 Å². The fourth-order valence-electron chi connectivity index (χ4n) is 6.13. The molecule has 294 valence electrons. The molecule has 0 fully saturated rings. The zero-order valence-corrected chi connectivity index (χ0v) is 33.7. The molecule has 0 spiro atoms. The Morgan fingerprint density at radius 3 is 1.12 bits per heavy atom. The van der Waals surface area contributed by atoms with Crippen LogP contribution in [-0.4, -0.2) is 73.6 Å². The van der Waals surface area contributed by atoms with Crippen LogP contribution in [0.4, 0.5) is 0 Å². The largest absolute Gasteiger partial charge is 0.392 e. The number of nitrogens with one attached hydrogen (secondary N) is 2. The van der Waals surface area contributed by atoms with Gasteiger partial charge in [0, 0.05) is 39.3 Å². The normalized spacial score (nSPS) is 13.7. The molecule has 0 rings (SSSR count). The third kappa shape index (κ3) is 41.2. The Hall–Kier alpha value is -1.24. The maximum atomic E-state index is 10.3. The monoisotopic (exact) mass is 702 g/mol. The zero-order valence-electron chi connectivity index (χ0n) is 33.7. The van der Waals surface area contributed by atoms with Crippen molar-refractivity contribution in [3.63, 3.8) is 0 Å². The molecule has 2 atom stereocenters. The highest BCUT2D eigenvalue weighted by Gasteiger charge is 2.06. The third-order valence-electron chi connectivity index (χ3n) is 9.58. The summed E-state index contributed by atoms with van der Waals surface area (Å²) >= 11 is 0. The van der Waals surface area contributed by atoms with Gasteiger partial charge in [-0.1, -0.05) is 152 Å². The molecule has 0 saturated carbocycles. The average Bonchev–Trinajstić information content (AvgIpc) is 3.11. The third-order valence-corrected chi connectivity index (χ3v) is 9.58. The van der Waals surface area contributed by atoms with Crippen molar-refractivity contribution in [2.75, 3.05) is 46.3 Å². The summed E-state index contributed by atoms with van der Waals surface area (Å²) in [5.74, 6) is 0. The highest BCUT2D eigenvalue weighted by atomic mass is 16.3. The lowest BCUT2D eigenvalue weighted by atomic mass is 10.1. The van der Waals surface area contributed by atoms with Gasteiger partial charge in [-0.3, -0.25) is 0 Å². The maximum absolute atomic E-state index is 10.3. The summed E-state index contributed by atoms with van der Waals surface area (Å²) in [5, 5.41) is 27.4. The van der Waals surface area contributed by atoms with Crippen LogP contribution >= 0.6 is 0 Å². The maximum Gasteiger partial charge on any atom is 0.0664 e.